The molecule has 0 saturated carbocycles. The van der Waals surface area contributed by atoms with E-state index in [4.69, 9.17) is 9.47 Å². The number of thiophene rings is 1. The third kappa shape index (κ3) is 4.05. The molecular formula is C14H23NO2S. The summed E-state index contributed by atoms with van der Waals surface area (Å²) in [6.07, 6.45) is 3.01. The largest absolute Gasteiger partial charge is 0.375 e. The number of hydrogen-bond acceptors (Lipinski definition) is 4. The van der Waals surface area contributed by atoms with Crippen LogP contribution in [0.3, 0.4) is 0 Å². The highest BCUT2D eigenvalue weighted by molar-refractivity contribution is 7.11. The molecule has 2 rings (SSSR count). The van der Waals surface area contributed by atoms with Crippen LogP contribution in [-0.4, -0.2) is 25.4 Å². The summed E-state index contributed by atoms with van der Waals surface area (Å²) in [7, 11) is 1.97. The van der Waals surface area contributed by atoms with E-state index in [0.717, 1.165) is 26.0 Å². The lowest BCUT2D eigenvalue weighted by Crippen LogP contribution is -2.33. The summed E-state index contributed by atoms with van der Waals surface area (Å²) >= 11 is 1.83. The van der Waals surface area contributed by atoms with Gasteiger partial charge in [0.2, 0.25) is 0 Å². The van der Waals surface area contributed by atoms with Crippen molar-refractivity contribution in [2.45, 2.75) is 58.2 Å². The highest BCUT2D eigenvalue weighted by Gasteiger charge is 2.24. The summed E-state index contributed by atoms with van der Waals surface area (Å²) in [6, 6.07) is 4.35. The van der Waals surface area contributed by atoms with Gasteiger partial charge in [0.1, 0.15) is 0 Å². The lowest BCUT2D eigenvalue weighted by Gasteiger charge is -2.31. The van der Waals surface area contributed by atoms with E-state index in [0.29, 0.717) is 18.3 Å². The second-order valence-corrected chi connectivity index (χ2v) is 6.31. The van der Waals surface area contributed by atoms with Crippen molar-refractivity contribution in [1.29, 1.82) is 0 Å². The molecule has 1 aromatic rings. The van der Waals surface area contributed by atoms with Crippen molar-refractivity contribution in [3.05, 3.63) is 21.9 Å². The molecule has 0 aliphatic carbocycles. The van der Waals surface area contributed by atoms with Crippen molar-refractivity contribution >= 4 is 11.3 Å². The van der Waals surface area contributed by atoms with Crippen LogP contribution in [0.5, 0.6) is 0 Å². The zero-order valence-corrected chi connectivity index (χ0v) is 12.3. The molecule has 0 bridgehead atoms. The summed E-state index contributed by atoms with van der Waals surface area (Å²) in [5, 5.41) is 3.17. The predicted octanol–water partition coefficient (Wildman–Crippen LogP) is 2.94. The summed E-state index contributed by atoms with van der Waals surface area (Å²) in [6.45, 7) is 5.93. The van der Waals surface area contributed by atoms with Gasteiger partial charge < -0.3 is 14.8 Å². The average molecular weight is 269 g/mol. The Bertz CT molecular complexity index is 356. The maximum absolute atomic E-state index is 6.01. The topological polar surface area (TPSA) is 30.5 Å². The molecule has 0 spiro atoms. The van der Waals surface area contributed by atoms with Crippen molar-refractivity contribution in [2.24, 2.45) is 0 Å². The number of rotatable bonds is 5. The van der Waals surface area contributed by atoms with Crippen LogP contribution in [0.1, 0.15) is 36.4 Å². The van der Waals surface area contributed by atoms with Crippen LogP contribution in [0.2, 0.25) is 0 Å². The van der Waals surface area contributed by atoms with Gasteiger partial charge in [-0.05, 0) is 45.9 Å². The van der Waals surface area contributed by atoms with Crippen molar-refractivity contribution in [3.8, 4) is 0 Å². The Labute approximate surface area is 113 Å². The molecule has 102 valence electrons. The van der Waals surface area contributed by atoms with E-state index in [1.165, 1.54) is 9.75 Å². The van der Waals surface area contributed by atoms with Crippen LogP contribution in [0.15, 0.2) is 12.1 Å². The summed E-state index contributed by atoms with van der Waals surface area (Å²) in [4.78, 5) is 2.68. The Morgan fingerprint density at radius 2 is 1.94 bits per heavy atom. The molecule has 2 heterocycles. The molecule has 1 aliphatic rings. The van der Waals surface area contributed by atoms with Crippen molar-refractivity contribution in [3.63, 3.8) is 0 Å². The third-order valence-electron chi connectivity index (χ3n) is 3.18. The number of nitrogens with one attached hydrogen (secondary N) is 1. The number of hydrogen-bond donors (Lipinski definition) is 1. The van der Waals surface area contributed by atoms with Gasteiger partial charge in [0, 0.05) is 16.3 Å². The monoisotopic (exact) mass is 269 g/mol. The fraction of sp³-hybridized carbons (Fsp3) is 0.714. The van der Waals surface area contributed by atoms with Gasteiger partial charge >= 0.3 is 0 Å². The molecule has 1 saturated heterocycles. The van der Waals surface area contributed by atoms with E-state index in [1.54, 1.807) is 0 Å². The minimum Gasteiger partial charge on any atom is -0.375 e. The second-order valence-electron chi connectivity index (χ2n) is 5.06. The third-order valence-corrected chi connectivity index (χ3v) is 4.24. The molecule has 18 heavy (non-hydrogen) atoms. The van der Waals surface area contributed by atoms with Crippen LogP contribution in [0.25, 0.3) is 0 Å². The molecule has 4 heteroatoms. The van der Waals surface area contributed by atoms with Crippen molar-refractivity contribution in [1.82, 2.24) is 5.32 Å². The molecule has 2 atom stereocenters. The lowest BCUT2D eigenvalue weighted by atomic mass is 10.0. The van der Waals surface area contributed by atoms with Crippen LogP contribution in [-0.2, 0) is 22.6 Å². The molecule has 1 N–H and O–H groups in total. The van der Waals surface area contributed by atoms with Gasteiger partial charge in [0.05, 0.1) is 24.9 Å². The highest BCUT2D eigenvalue weighted by Crippen LogP contribution is 2.24. The minimum atomic E-state index is 0.321. The SMILES string of the molecule is CNCc1ccc(COC2CC(C)OC(C)C2)s1. The van der Waals surface area contributed by atoms with Crippen LogP contribution >= 0.6 is 11.3 Å². The smallest absolute Gasteiger partial charge is 0.0813 e. The molecule has 0 radical (unpaired) electrons. The summed E-state index contributed by atoms with van der Waals surface area (Å²) in [5.74, 6) is 0. The Morgan fingerprint density at radius 3 is 2.61 bits per heavy atom. The van der Waals surface area contributed by atoms with Crippen LogP contribution < -0.4 is 5.32 Å². The average Bonchev–Trinajstić information content (AvgIpc) is 2.74. The molecule has 1 aliphatic heterocycles. The molecule has 0 amide bonds. The highest BCUT2D eigenvalue weighted by atomic mass is 32.1. The first-order valence-corrected chi connectivity index (χ1v) is 7.48. The Kier molecular flexibility index (Phi) is 5.18. The van der Waals surface area contributed by atoms with Gasteiger partial charge in [-0.1, -0.05) is 0 Å². The minimum absolute atomic E-state index is 0.321. The predicted molar refractivity (Wildman–Crippen MR) is 74.9 cm³/mol. The van der Waals surface area contributed by atoms with Crippen molar-refractivity contribution < 1.29 is 9.47 Å². The van der Waals surface area contributed by atoms with E-state index in [9.17, 15) is 0 Å². The van der Waals surface area contributed by atoms with Gasteiger partial charge in [-0.25, -0.2) is 0 Å². The zero-order valence-electron chi connectivity index (χ0n) is 11.4. The maximum atomic E-state index is 6.01. The zero-order chi connectivity index (χ0) is 13.0. The van der Waals surface area contributed by atoms with E-state index in [-0.39, 0.29) is 0 Å². The van der Waals surface area contributed by atoms with E-state index >= 15 is 0 Å². The summed E-state index contributed by atoms with van der Waals surface area (Å²) in [5.41, 5.74) is 0. The van der Waals surface area contributed by atoms with E-state index in [2.05, 4.69) is 31.3 Å². The molecular weight excluding hydrogens is 246 g/mol. The molecule has 3 nitrogen and oxygen atoms in total. The normalized spacial score (nSPS) is 28.5. The molecule has 2 unspecified atom stereocenters. The molecule has 1 fully saturated rings. The van der Waals surface area contributed by atoms with Gasteiger partial charge in [-0.3, -0.25) is 0 Å². The fourth-order valence-electron chi connectivity index (χ4n) is 2.45. The van der Waals surface area contributed by atoms with Crippen LogP contribution in [0, 0.1) is 0 Å². The van der Waals surface area contributed by atoms with Crippen molar-refractivity contribution in [2.75, 3.05) is 7.05 Å². The Hall–Kier alpha value is -0.420. The number of ether oxygens (including phenoxy) is 2. The van der Waals surface area contributed by atoms with E-state index < -0.39 is 0 Å². The molecule has 1 aromatic heterocycles. The first-order chi connectivity index (χ1) is 8.67. The van der Waals surface area contributed by atoms with E-state index in [1.807, 2.05) is 18.4 Å². The molecule has 0 aromatic carbocycles. The lowest BCUT2D eigenvalue weighted by molar-refractivity contribution is -0.105. The second kappa shape index (κ2) is 6.66. The summed E-state index contributed by atoms with van der Waals surface area (Å²) < 4.78 is 11.7. The van der Waals surface area contributed by atoms with Gasteiger partial charge in [0.25, 0.3) is 0 Å². The van der Waals surface area contributed by atoms with Crippen LogP contribution in [0.4, 0.5) is 0 Å². The van der Waals surface area contributed by atoms with Gasteiger partial charge in [-0.15, -0.1) is 11.3 Å². The first-order valence-electron chi connectivity index (χ1n) is 6.66. The van der Waals surface area contributed by atoms with Gasteiger partial charge in [-0.2, -0.15) is 0 Å². The quantitative estimate of drug-likeness (QED) is 0.891. The first kappa shape index (κ1) is 14.0. The van der Waals surface area contributed by atoms with Gasteiger partial charge in [0.15, 0.2) is 0 Å². The maximum Gasteiger partial charge on any atom is 0.0813 e. The Morgan fingerprint density at radius 1 is 1.28 bits per heavy atom. The fourth-order valence-corrected chi connectivity index (χ4v) is 3.40. The Balaban J connectivity index is 1.79. The standard InChI is InChI=1S/C14H23NO2S/c1-10-6-12(7-11(2)17-10)16-9-14-5-4-13(18-14)8-15-3/h4-5,10-12,15H,6-9H2,1-3H3.